The maximum atomic E-state index is 10.6. The number of carbonyl (C=O) groups is 1. The van der Waals surface area contributed by atoms with E-state index in [1.165, 1.54) is 11.3 Å². The summed E-state index contributed by atoms with van der Waals surface area (Å²) in [4.78, 5) is 20.2. The Hall–Kier alpha value is -0.780. The predicted molar refractivity (Wildman–Crippen MR) is 60.4 cm³/mol. The molecule has 0 N–H and O–H groups in total. The number of hydrogen-bond acceptors (Lipinski definition) is 5. The molecule has 2 rings (SSSR count). The molecule has 0 amide bonds. The molecule has 2 heterocycles. The number of piperazine rings is 1. The molecule has 1 aromatic heterocycles. The van der Waals surface area contributed by atoms with Crippen LogP contribution in [0.5, 0.6) is 0 Å². The van der Waals surface area contributed by atoms with Gasteiger partial charge in [0.2, 0.25) is 0 Å². The van der Waals surface area contributed by atoms with Crippen LogP contribution in [0.2, 0.25) is 0 Å². The first kappa shape index (κ1) is 10.7. The van der Waals surface area contributed by atoms with Crippen LogP contribution in [0.25, 0.3) is 0 Å². The zero-order valence-electron chi connectivity index (χ0n) is 9.01. The van der Waals surface area contributed by atoms with Crippen molar-refractivity contribution in [3.05, 3.63) is 16.1 Å². The molecule has 0 aromatic carbocycles. The van der Waals surface area contributed by atoms with E-state index in [4.69, 9.17) is 0 Å². The Labute approximate surface area is 93.5 Å². The Kier molecular flexibility index (Phi) is 3.14. The molecular formula is C10H15N3OS. The molecule has 4 nitrogen and oxygen atoms in total. The second-order valence-corrected chi connectivity index (χ2v) is 5.07. The fourth-order valence-electron chi connectivity index (χ4n) is 1.79. The van der Waals surface area contributed by atoms with Gasteiger partial charge in [0.25, 0.3) is 0 Å². The molecule has 1 unspecified atom stereocenters. The summed E-state index contributed by atoms with van der Waals surface area (Å²) in [5.41, 5.74) is 0. The van der Waals surface area contributed by atoms with Gasteiger partial charge >= 0.3 is 0 Å². The lowest BCUT2D eigenvalue weighted by Gasteiger charge is -2.36. The van der Waals surface area contributed by atoms with Gasteiger partial charge < -0.3 is 4.90 Å². The maximum Gasteiger partial charge on any atom is 0.161 e. The second kappa shape index (κ2) is 4.38. The standard InChI is InChI=1S/C10H15N3OS/c1-12-3-4-13(2)9(6-12)10-11-5-8(7-14)15-10/h5,7,9H,3-4,6H2,1-2H3. The van der Waals surface area contributed by atoms with Crippen LogP contribution in [-0.2, 0) is 0 Å². The molecule has 82 valence electrons. The quantitative estimate of drug-likeness (QED) is 0.700. The van der Waals surface area contributed by atoms with Gasteiger partial charge in [0.05, 0.1) is 10.9 Å². The van der Waals surface area contributed by atoms with Crippen molar-refractivity contribution >= 4 is 17.6 Å². The zero-order valence-corrected chi connectivity index (χ0v) is 9.83. The molecule has 15 heavy (non-hydrogen) atoms. The number of likely N-dealkylation sites (N-methyl/N-ethyl adjacent to an activating group) is 2. The zero-order chi connectivity index (χ0) is 10.8. The summed E-state index contributed by atoms with van der Waals surface area (Å²) in [6, 6.07) is 0.336. The summed E-state index contributed by atoms with van der Waals surface area (Å²) in [5.74, 6) is 0. The van der Waals surface area contributed by atoms with Crippen molar-refractivity contribution < 1.29 is 4.79 Å². The summed E-state index contributed by atoms with van der Waals surface area (Å²) < 4.78 is 0. The first-order valence-electron chi connectivity index (χ1n) is 5.00. The molecule has 1 aliphatic heterocycles. The summed E-state index contributed by atoms with van der Waals surface area (Å²) in [5, 5.41) is 1.05. The third kappa shape index (κ3) is 2.25. The van der Waals surface area contributed by atoms with Gasteiger partial charge in [-0.15, -0.1) is 11.3 Å². The lowest BCUT2D eigenvalue weighted by molar-refractivity contribution is 0.112. The van der Waals surface area contributed by atoms with E-state index < -0.39 is 0 Å². The fraction of sp³-hybridized carbons (Fsp3) is 0.600. The molecule has 1 saturated heterocycles. The molecule has 0 saturated carbocycles. The fourth-order valence-corrected chi connectivity index (χ4v) is 2.68. The smallest absolute Gasteiger partial charge is 0.161 e. The van der Waals surface area contributed by atoms with E-state index in [1.54, 1.807) is 6.20 Å². The van der Waals surface area contributed by atoms with Gasteiger partial charge in [-0.25, -0.2) is 4.98 Å². The van der Waals surface area contributed by atoms with Crippen molar-refractivity contribution in [1.82, 2.24) is 14.8 Å². The molecule has 1 fully saturated rings. The van der Waals surface area contributed by atoms with Crippen molar-refractivity contribution in [2.75, 3.05) is 33.7 Å². The Morgan fingerprint density at radius 1 is 1.53 bits per heavy atom. The topological polar surface area (TPSA) is 36.4 Å². The van der Waals surface area contributed by atoms with E-state index in [-0.39, 0.29) is 0 Å². The molecule has 1 atom stereocenters. The number of thiazole rings is 1. The summed E-state index contributed by atoms with van der Waals surface area (Å²) in [7, 11) is 4.23. The molecule has 0 bridgehead atoms. The van der Waals surface area contributed by atoms with E-state index in [9.17, 15) is 4.79 Å². The van der Waals surface area contributed by atoms with Crippen molar-refractivity contribution in [2.24, 2.45) is 0 Å². The van der Waals surface area contributed by atoms with Crippen LogP contribution in [-0.4, -0.2) is 54.8 Å². The summed E-state index contributed by atoms with van der Waals surface area (Å²) >= 11 is 1.50. The van der Waals surface area contributed by atoms with Crippen LogP contribution >= 0.6 is 11.3 Å². The Balaban J connectivity index is 2.17. The third-order valence-electron chi connectivity index (χ3n) is 2.79. The summed E-state index contributed by atoms with van der Waals surface area (Å²) in [6.07, 6.45) is 2.53. The van der Waals surface area contributed by atoms with Gasteiger partial charge in [0, 0.05) is 25.8 Å². The highest BCUT2D eigenvalue weighted by molar-refractivity contribution is 7.13. The average molecular weight is 225 g/mol. The molecule has 0 spiro atoms. The van der Waals surface area contributed by atoms with Gasteiger partial charge in [-0.2, -0.15) is 0 Å². The van der Waals surface area contributed by atoms with Gasteiger partial charge in [0.15, 0.2) is 6.29 Å². The van der Waals surface area contributed by atoms with Crippen LogP contribution in [0.3, 0.4) is 0 Å². The monoisotopic (exact) mass is 225 g/mol. The average Bonchev–Trinajstić information content (AvgIpc) is 2.70. The lowest BCUT2D eigenvalue weighted by atomic mass is 10.2. The van der Waals surface area contributed by atoms with Gasteiger partial charge in [-0.1, -0.05) is 0 Å². The van der Waals surface area contributed by atoms with E-state index in [1.807, 2.05) is 0 Å². The van der Waals surface area contributed by atoms with Crippen molar-refractivity contribution in [2.45, 2.75) is 6.04 Å². The SMILES string of the molecule is CN1CCN(C)C(c2ncc(C=O)s2)C1. The number of hydrogen-bond donors (Lipinski definition) is 0. The maximum absolute atomic E-state index is 10.6. The van der Waals surface area contributed by atoms with Crippen molar-refractivity contribution in [3.8, 4) is 0 Å². The van der Waals surface area contributed by atoms with Crippen LogP contribution < -0.4 is 0 Å². The lowest BCUT2D eigenvalue weighted by Crippen LogP contribution is -2.44. The molecular weight excluding hydrogens is 210 g/mol. The minimum absolute atomic E-state index is 0.336. The van der Waals surface area contributed by atoms with Gasteiger partial charge in [-0.3, -0.25) is 9.69 Å². The van der Waals surface area contributed by atoms with Crippen LogP contribution in [0.1, 0.15) is 20.7 Å². The number of aldehydes is 1. The summed E-state index contributed by atoms with van der Waals surface area (Å²) in [6.45, 7) is 3.14. The minimum Gasteiger partial charge on any atom is -0.303 e. The molecule has 5 heteroatoms. The van der Waals surface area contributed by atoms with Gasteiger partial charge in [-0.05, 0) is 14.1 Å². The van der Waals surface area contributed by atoms with Crippen molar-refractivity contribution in [3.63, 3.8) is 0 Å². The molecule has 0 radical (unpaired) electrons. The van der Waals surface area contributed by atoms with E-state index >= 15 is 0 Å². The van der Waals surface area contributed by atoms with Gasteiger partial charge in [0.1, 0.15) is 5.01 Å². The number of carbonyl (C=O) groups excluding carboxylic acids is 1. The highest BCUT2D eigenvalue weighted by Gasteiger charge is 2.25. The Bertz CT molecular complexity index is 352. The highest BCUT2D eigenvalue weighted by atomic mass is 32.1. The Morgan fingerprint density at radius 3 is 3.00 bits per heavy atom. The highest BCUT2D eigenvalue weighted by Crippen LogP contribution is 2.26. The Morgan fingerprint density at radius 2 is 2.33 bits per heavy atom. The third-order valence-corrected chi connectivity index (χ3v) is 3.82. The molecule has 0 aliphatic carbocycles. The predicted octanol–water partition coefficient (Wildman–Crippen LogP) is 0.874. The first-order valence-corrected chi connectivity index (χ1v) is 5.82. The molecule has 1 aromatic rings. The van der Waals surface area contributed by atoms with E-state index in [0.717, 1.165) is 30.9 Å². The van der Waals surface area contributed by atoms with Crippen LogP contribution in [0, 0.1) is 0 Å². The van der Waals surface area contributed by atoms with Crippen molar-refractivity contribution in [1.29, 1.82) is 0 Å². The number of nitrogens with zero attached hydrogens (tertiary/aromatic N) is 3. The molecule has 1 aliphatic rings. The largest absolute Gasteiger partial charge is 0.303 e. The van der Waals surface area contributed by atoms with Crippen LogP contribution in [0.15, 0.2) is 6.20 Å². The van der Waals surface area contributed by atoms with Crippen LogP contribution in [0.4, 0.5) is 0 Å². The number of aromatic nitrogens is 1. The van der Waals surface area contributed by atoms with E-state index in [2.05, 4.69) is 28.9 Å². The minimum atomic E-state index is 0.336. The normalized spacial score (nSPS) is 24.3. The second-order valence-electron chi connectivity index (χ2n) is 3.98. The first-order chi connectivity index (χ1) is 7.20. The number of rotatable bonds is 2. The van der Waals surface area contributed by atoms with E-state index in [0.29, 0.717) is 10.9 Å².